The van der Waals surface area contributed by atoms with Crippen LogP contribution < -0.4 is 15.1 Å². The van der Waals surface area contributed by atoms with E-state index in [0.29, 0.717) is 17.1 Å². The van der Waals surface area contributed by atoms with Gasteiger partial charge in [0.1, 0.15) is 17.0 Å². The van der Waals surface area contributed by atoms with Crippen molar-refractivity contribution in [2.45, 2.75) is 11.8 Å². The van der Waals surface area contributed by atoms with Gasteiger partial charge >= 0.3 is 5.63 Å². The molecule has 0 fully saturated rings. The Kier molecular flexibility index (Phi) is 5.71. The van der Waals surface area contributed by atoms with Crippen LogP contribution in [-0.2, 0) is 14.4 Å². The average Bonchev–Trinajstić information content (AvgIpc) is 2.73. The van der Waals surface area contributed by atoms with E-state index in [2.05, 4.69) is 4.98 Å². The minimum atomic E-state index is -3.44. The van der Waals surface area contributed by atoms with Crippen molar-refractivity contribution in [3.05, 3.63) is 58.1 Å². The second-order valence-electron chi connectivity index (χ2n) is 6.02. The normalized spacial score (nSPS) is 13.9. The van der Waals surface area contributed by atoms with Gasteiger partial charge in [-0.15, -0.1) is 4.21 Å². The fourth-order valence-electron chi connectivity index (χ4n) is 2.66. The predicted octanol–water partition coefficient (Wildman–Crippen LogP) is 3.27. The first-order chi connectivity index (χ1) is 13.8. The van der Waals surface area contributed by atoms with Gasteiger partial charge in [0.05, 0.1) is 24.4 Å². The van der Waals surface area contributed by atoms with E-state index in [4.69, 9.17) is 13.9 Å². The largest absolute Gasteiger partial charge is 0.610 e. The first-order valence-electron chi connectivity index (χ1n) is 8.59. The number of hydrogen-bond acceptors (Lipinski definition) is 8. The highest BCUT2D eigenvalue weighted by molar-refractivity contribution is 7.97. The summed E-state index contributed by atoms with van der Waals surface area (Å²) >= 11 is 0. The molecule has 2 aromatic carbocycles. The number of sulfone groups is 1. The lowest BCUT2D eigenvalue weighted by molar-refractivity contribution is 0.354. The molecule has 0 spiro atoms. The molecule has 0 radical (unpaired) electrons. The van der Waals surface area contributed by atoms with E-state index in [0.717, 1.165) is 6.08 Å². The maximum atomic E-state index is 12.2. The first-order valence-corrected chi connectivity index (χ1v) is 10.2. The predicted molar refractivity (Wildman–Crippen MR) is 108 cm³/mol. The molecule has 0 amide bonds. The van der Waals surface area contributed by atoms with Gasteiger partial charge in [-0.1, -0.05) is 0 Å². The number of rotatable bonds is 6. The number of ether oxygens (including phenoxy) is 2. The number of aromatic nitrogens is 1. The van der Waals surface area contributed by atoms with Crippen molar-refractivity contribution in [2.75, 3.05) is 20.0 Å². The molecular formula is C20H19NO7S. The number of aliphatic hydroxyl groups excluding tert-OH is 1. The molecule has 0 saturated heterocycles. The zero-order valence-corrected chi connectivity index (χ0v) is 16.8. The monoisotopic (exact) mass is 417 g/mol. The van der Waals surface area contributed by atoms with Gasteiger partial charge in [-0.3, -0.25) is 0 Å². The van der Waals surface area contributed by atoms with Gasteiger partial charge in [-0.25, -0.2) is 9.78 Å². The lowest BCUT2D eigenvalue weighted by Crippen LogP contribution is -2.13. The van der Waals surface area contributed by atoms with Crippen LogP contribution in [0.5, 0.6) is 11.5 Å². The topological polar surface area (TPSA) is 122 Å². The molecule has 0 aliphatic heterocycles. The Labute approximate surface area is 167 Å². The fourth-order valence-corrected chi connectivity index (χ4v) is 3.56. The van der Waals surface area contributed by atoms with Gasteiger partial charge in [-0.2, -0.15) is 0 Å². The Morgan fingerprint density at radius 3 is 2.59 bits per heavy atom. The highest BCUT2D eigenvalue weighted by Crippen LogP contribution is 2.30. The number of aliphatic hydroxyl groups is 1. The molecule has 1 atom stereocenters. The lowest BCUT2D eigenvalue weighted by Gasteiger charge is -2.12. The van der Waals surface area contributed by atoms with Crippen molar-refractivity contribution in [3.63, 3.8) is 0 Å². The second-order valence-corrected chi connectivity index (χ2v) is 8.30. The molecular weight excluding hydrogens is 398 g/mol. The van der Waals surface area contributed by atoms with Crippen molar-refractivity contribution < 1.29 is 27.8 Å². The molecule has 0 aliphatic rings. The molecule has 1 N–H and O–H groups in total. The number of fused-ring (bicyclic) bond motifs is 1. The third-order valence-corrected chi connectivity index (χ3v) is 6.01. The Morgan fingerprint density at radius 1 is 1.21 bits per heavy atom. The van der Waals surface area contributed by atoms with Crippen LogP contribution in [0.4, 0.5) is 0 Å². The molecule has 29 heavy (non-hydrogen) atoms. The van der Waals surface area contributed by atoms with Crippen LogP contribution in [0.2, 0.25) is 0 Å². The van der Waals surface area contributed by atoms with E-state index in [1.807, 2.05) is 0 Å². The summed E-state index contributed by atoms with van der Waals surface area (Å²) in [5.74, 6) is 0.569. The smallest absolute Gasteiger partial charge is 0.362 e. The summed E-state index contributed by atoms with van der Waals surface area (Å²) in [6.07, 6.45) is 1.15. The molecule has 0 saturated carbocycles. The van der Waals surface area contributed by atoms with Gasteiger partial charge in [0.2, 0.25) is 0 Å². The van der Waals surface area contributed by atoms with Crippen molar-refractivity contribution >= 4 is 33.1 Å². The summed E-state index contributed by atoms with van der Waals surface area (Å²) in [7, 11) is -0.491. The summed E-state index contributed by atoms with van der Waals surface area (Å²) in [5.41, 5.74) is -0.240. The SMILES string of the molecule is CC[S+](=O)([O-])c1ccc2oc(=O)c(/C=C(/O)c3ccc(OC)c(OC)c3)nc2c1. The highest BCUT2D eigenvalue weighted by Gasteiger charge is 2.19. The maximum absolute atomic E-state index is 12.2. The molecule has 1 unspecified atom stereocenters. The van der Waals surface area contributed by atoms with Gasteiger partial charge in [0, 0.05) is 17.7 Å². The maximum Gasteiger partial charge on any atom is 0.362 e. The lowest BCUT2D eigenvalue weighted by atomic mass is 10.1. The van der Waals surface area contributed by atoms with Crippen molar-refractivity contribution in [3.8, 4) is 11.5 Å². The van der Waals surface area contributed by atoms with E-state index >= 15 is 0 Å². The third-order valence-electron chi connectivity index (χ3n) is 4.27. The molecule has 9 heteroatoms. The van der Waals surface area contributed by atoms with Crippen LogP contribution in [0, 0.1) is 0 Å². The molecule has 1 aromatic heterocycles. The summed E-state index contributed by atoms with van der Waals surface area (Å²) in [4.78, 5) is 16.5. The molecule has 0 aliphatic carbocycles. The average molecular weight is 417 g/mol. The Balaban J connectivity index is 2.08. The van der Waals surface area contributed by atoms with Crippen LogP contribution in [-0.4, -0.2) is 34.6 Å². The Bertz CT molecular complexity index is 1200. The highest BCUT2D eigenvalue weighted by atomic mass is 32.3. The molecule has 8 nitrogen and oxygen atoms in total. The quantitative estimate of drug-likeness (QED) is 0.479. The van der Waals surface area contributed by atoms with E-state index in [9.17, 15) is 18.7 Å². The van der Waals surface area contributed by atoms with E-state index in [1.165, 1.54) is 39.3 Å². The van der Waals surface area contributed by atoms with Gasteiger partial charge in [-0.05, 0) is 37.3 Å². The zero-order chi connectivity index (χ0) is 21.2. The number of hydrogen-bond donors (Lipinski definition) is 1. The summed E-state index contributed by atoms with van der Waals surface area (Å²) in [6.45, 7) is 1.54. The zero-order valence-electron chi connectivity index (χ0n) is 16.0. The van der Waals surface area contributed by atoms with Crippen molar-refractivity contribution in [2.24, 2.45) is 0 Å². The summed E-state index contributed by atoms with van der Waals surface area (Å²) in [5, 5.41) is 10.4. The van der Waals surface area contributed by atoms with Crippen LogP contribution >= 0.6 is 0 Å². The van der Waals surface area contributed by atoms with Crippen LogP contribution in [0.15, 0.2) is 50.5 Å². The van der Waals surface area contributed by atoms with Crippen molar-refractivity contribution in [1.82, 2.24) is 4.98 Å². The molecule has 152 valence electrons. The van der Waals surface area contributed by atoms with E-state index in [-0.39, 0.29) is 33.2 Å². The number of methoxy groups -OCH3 is 2. The molecule has 1 heterocycles. The first kappa shape index (κ1) is 20.6. The van der Waals surface area contributed by atoms with E-state index in [1.54, 1.807) is 18.2 Å². The van der Waals surface area contributed by atoms with Gasteiger partial charge < -0.3 is 23.6 Å². The van der Waals surface area contributed by atoms with E-state index < -0.39 is 15.8 Å². The van der Waals surface area contributed by atoms with Crippen LogP contribution in [0.3, 0.4) is 0 Å². The molecule has 3 rings (SSSR count). The Hall–Kier alpha value is -3.17. The standard InChI is InChI=1S/C20H19NO7S/c1-4-29(24,25)13-6-8-17-14(10-13)21-15(20(23)28-17)11-16(22)12-5-7-18(26-2)19(9-12)27-3/h5-11H,4H2,1-3H3,(H-,21,22,24,25). The minimum Gasteiger partial charge on any atom is -0.610 e. The van der Waals surface area contributed by atoms with Crippen molar-refractivity contribution in [1.29, 1.82) is 0 Å². The number of benzene rings is 2. The molecule has 0 bridgehead atoms. The minimum absolute atomic E-state index is 0.0673. The molecule has 3 aromatic rings. The third kappa shape index (κ3) is 4.15. The number of nitrogens with zero attached hydrogens (tertiary/aromatic N) is 1. The fraction of sp³-hybridized carbons (Fsp3) is 0.200. The van der Waals surface area contributed by atoms with Gasteiger partial charge in [0.15, 0.2) is 27.7 Å². The van der Waals surface area contributed by atoms with Crippen LogP contribution in [0.25, 0.3) is 22.9 Å². The summed E-state index contributed by atoms with van der Waals surface area (Å²) < 4.78 is 39.7. The summed E-state index contributed by atoms with van der Waals surface area (Å²) in [6, 6.07) is 8.82. The Morgan fingerprint density at radius 2 is 1.93 bits per heavy atom. The second kappa shape index (κ2) is 8.06. The van der Waals surface area contributed by atoms with Crippen LogP contribution in [0.1, 0.15) is 18.2 Å². The van der Waals surface area contributed by atoms with Gasteiger partial charge in [0.25, 0.3) is 0 Å².